The van der Waals surface area contributed by atoms with Crippen LogP contribution in [0.2, 0.25) is 0 Å². The van der Waals surface area contributed by atoms with Crippen LogP contribution in [0, 0.1) is 24.2 Å². The van der Waals surface area contributed by atoms with Gasteiger partial charge in [0.15, 0.2) is 0 Å². The van der Waals surface area contributed by atoms with Crippen molar-refractivity contribution in [1.82, 2.24) is 10.3 Å². The monoisotopic (exact) mass is 292 g/mol. The fraction of sp³-hybridized carbons (Fsp3) is 0.824. The predicted octanol–water partition coefficient (Wildman–Crippen LogP) is 4.19. The average molecular weight is 292 g/mol. The Balaban J connectivity index is 1.77. The standard InChI is InChI=1S/C17H28N2S/c1-12-10-20-15(19-12)9-17(11-18-16(2,3)4)8-13-5-6-14(17)7-13/h10,13-14,18H,5-9,11H2,1-4H3. The van der Waals surface area contributed by atoms with E-state index in [0.29, 0.717) is 5.41 Å². The molecule has 0 spiro atoms. The largest absolute Gasteiger partial charge is 0.311 e. The molecule has 112 valence electrons. The molecule has 0 amide bonds. The molecule has 0 saturated heterocycles. The Labute approximate surface area is 127 Å². The van der Waals surface area contributed by atoms with Gasteiger partial charge in [-0.05, 0) is 64.2 Å². The molecule has 3 unspecified atom stereocenters. The lowest BCUT2D eigenvalue weighted by atomic mass is 9.70. The zero-order chi connectivity index (χ0) is 14.4. The van der Waals surface area contributed by atoms with Gasteiger partial charge < -0.3 is 5.32 Å². The summed E-state index contributed by atoms with van der Waals surface area (Å²) >= 11 is 1.86. The summed E-state index contributed by atoms with van der Waals surface area (Å²) < 4.78 is 0. The normalized spacial score (nSPS) is 33.0. The third-order valence-electron chi connectivity index (χ3n) is 5.24. The van der Waals surface area contributed by atoms with Crippen LogP contribution in [-0.4, -0.2) is 17.1 Å². The first-order valence-electron chi connectivity index (χ1n) is 8.02. The number of rotatable bonds is 4. The minimum absolute atomic E-state index is 0.216. The molecule has 2 aliphatic carbocycles. The van der Waals surface area contributed by atoms with E-state index in [-0.39, 0.29) is 5.54 Å². The second kappa shape index (κ2) is 5.10. The molecule has 3 rings (SSSR count). The number of thiazole rings is 1. The van der Waals surface area contributed by atoms with Crippen molar-refractivity contribution in [2.45, 2.75) is 65.3 Å². The summed E-state index contributed by atoms with van der Waals surface area (Å²) in [5.74, 6) is 1.91. The van der Waals surface area contributed by atoms with E-state index in [9.17, 15) is 0 Å². The van der Waals surface area contributed by atoms with Gasteiger partial charge in [0, 0.05) is 29.6 Å². The molecule has 2 bridgehead atoms. The minimum atomic E-state index is 0.216. The van der Waals surface area contributed by atoms with Crippen LogP contribution in [0.15, 0.2) is 5.38 Å². The zero-order valence-electron chi connectivity index (χ0n) is 13.3. The average Bonchev–Trinajstić information content (AvgIpc) is 3.02. The maximum Gasteiger partial charge on any atom is 0.0934 e. The number of fused-ring (bicyclic) bond motifs is 2. The van der Waals surface area contributed by atoms with E-state index in [1.54, 1.807) is 0 Å². The van der Waals surface area contributed by atoms with E-state index in [4.69, 9.17) is 4.98 Å². The number of aryl methyl sites for hydroxylation is 1. The minimum Gasteiger partial charge on any atom is -0.311 e. The summed E-state index contributed by atoms with van der Waals surface area (Å²) in [6.45, 7) is 10.1. The molecule has 1 aromatic heterocycles. The van der Waals surface area contributed by atoms with Crippen LogP contribution in [0.5, 0.6) is 0 Å². The maximum absolute atomic E-state index is 4.74. The van der Waals surface area contributed by atoms with Gasteiger partial charge in [0.2, 0.25) is 0 Å². The van der Waals surface area contributed by atoms with Crippen LogP contribution in [-0.2, 0) is 6.42 Å². The molecule has 0 aromatic carbocycles. The number of aromatic nitrogens is 1. The van der Waals surface area contributed by atoms with Crippen molar-refractivity contribution in [3.63, 3.8) is 0 Å². The summed E-state index contributed by atoms with van der Waals surface area (Å²) in [6, 6.07) is 0. The van der Waals surface area contributed by atoms with Crippen molar-refractivity contribution >= 4 is 11.3 Å². The first-order chi connectivity index (χ1) is 9.36. The SMILES string of the molecule is Cc1csc(CC2(CNC(C)(C)C)CC3CCC2C3)n1. The molecule has 1 heterocycles. The third kappa shape index (κ3) is 2.94. The predicted molar refractivity (Wildman–Crippen MR) is 86.2 cm³/mol. The summed E-state index contributed by atoms with van der Waals surface area (Å²) in [6.07, 6.45) is 6.99. The Hall–Kier alpha value is -0.410. The summed E-state index contributed by atoms with van der Waals surface area (Å²) in [5, 5.41) is 7.35. The van der Waals surface area contributed by atoms with E-state index in [1.165, 1.54) is 42.8 Å². The fourth-order valence-corrected chi connectivity index (χ4v) is 5.21. The van der Waals surface area contributed by atoms with Gasteiger partial charge in [-0.15, -0.1) is 11.3 Å². The summed E-state index contributed by atoms with van der Waals surface area (Å²) in [7, 11) is 0. The Morgan fingerprint density at radius 2 is 2.20 bits per heavy atom. The van der Waals surface area contributed by atoms with E-state index >= 15 is 0 Å². The Morgan fingerprint density at radius 1 is 1.40 bits per heavy atom. The van der Waals surface area contributed by atoms with Crippen molar-refractivity contribution in [3.8, 4) is 0 Å². The van der Waals surface area contributed by atoms with Crippen LogP contribution in [0.1, 0.15) is 57.2 Å². The highest BCUT2D eigenvalue weighted by atomic mass is 32.1. The molecule has 0 radical (unpaired) electrons. The Bertz CT molecular complexity index is 474. The molecule has 2 nitrogen and oxygen atoms in total. The molecule has 0 aliphatic heterocycles. The first-order valence-corrected chi connectivity index (χ1v) is 8.90. The quantitative estimate of drug-likeness (QED) is 0.900. The molecule has 1 aromatic rings. The first kappa shape index (κ1) is 14.5. The van der Waals surface area contributed by atoms with Crippen LogP contribution < -0.4 is 5.32 Å². The van der Waals surface area contributed by atoms with Crippen LogP contribution >= 0.6 is 11.3 Å². The number of hydrogen-bond donors (Lipinski definition) is 1. The fourth-order valence-electron chi connectivity index (χ4n) is 4.28. The highest BCUT2D eigenvalue weighted by Crippen LogP contribution is 2.57. The van der Waals surface area contributed by atoms with Gasteiger partial charge >= 0.3 is 0 Å². The van der Waals surface area contributed by atoms with Crippen molar-refractivity contribution in [2.75, 3.05) is 6.54 Å². The van der Waals surface area contributed by atoms with Gasteiger partial charge in [-0.2, -0.15) is 0 Å². The van der Waals surface area contributed by atoms with Gasteiger partial charge in [-0.3, -0.25) is 0 Å². The lowest BCUT2D eigenvalue weighted by molar-refractivity contribution is 0.143. The highest BCUT2D eigenvalue weighted by molar-refractivity contribution is 7.09. The second-order valence-electron chi connectivity index (χ2n) is 8.11. The topological polar surface area (TPSA) is 24.9 Å². The van der Waals surface area contributed by atoms with E-state index in [2.05, 4.69) is 38.4 Å². The molecule has 20 heavy (non-hydrogen) atoms. The molecular weight excluding hydrogens is 264 g/mol. The van der Waals surface area contributed by atoms with E-state index < -0.39 is 0 Å². The molecule has 1 N–H and O–H groups in total. The van der Waals surface area contributed by atoms with Gasteiger partial charge in [-0.25, -0.2) is 4.98 Å². The van der Waals surface area contributed by atoms with Crippen molar-refractivity contribution < 1.29 is 0 Å². The van der Waals surface area contributed by atoms with Gasteiger partial charge in [0.05, 0.1) is 5.01 Å². The molecule has 2 saturated carbocycles. The van der Waals surface area contributed by atoms with Crippen molar-refractivity contribution in [1.29, 1.82) is 0 Å². The highest BCUT2D eigenvalue weighted by Gasteiger charge is 2.51. The number of nitrogens with zero attached hydrogens (tertiary/aromatic N) is 1. The van der Waals surface area contributed by atoms with Crippen LogP contribution in [0.4, 0.5) is 0 Å². The molecule has 2 aliphatic rings. The Kier molecular flexibility index (Phi) is 3.70. The smallest absolute Gasteiger partial charge is 0.0934 e. The van der Waals surface area contributed by atoms with Gasteiger partial charge in [0.1, 0.15) is 0 Å². The zero-order valence-corrected chi connectivity index (χ0v) is 14.1. The van der Waals surface area contributed by atoms with E-state index in [0.717, 1.165) is 18.4 Å². The maximum atomic E-state index is 4.74. The van der Waals surface area contributed by atoms with Gasteiger partial charge in [-0.1, -0.05) is 6.42 Å². The lowest BCUT2D eigenvalue weighted by Crippen LogP contribution is -2.47. The molecule has 3 atom stereocenters. The summed E-state index contributed by atoms with van der Waals surface area (Å²) in [5.41, 5.74) is 1.88. The van der Waals surface area contributed by atoms with Crippen molar-refractivity contribution in [3.05, 3.63) is 16.1 Å². The van der Waals surface area contributed by atoms with Gasteiger partial charge in [0.25, 0.3) is 0 Å². The van der Waals surface area contributed by atoms with Crippen LogP contribution in [0.25, 0.3) is 0 Å². The van der Waals surface area contributed by atoms with Crippen molar-refractivity contribution in [2.24, 2.45) is 17.3 Å². The third-order valence-corrected chi connectivity index (χ3v) is 6.21. The van der Waals surface area contributed by atoms with E-state index in [1.807, 2.05) is 11.3 Å². The lowest BCUT2D eigenvalue weighted by Gasteiger charge is -2.40. The summed E-state index contributed by atoms with van der Waals surface area (Å²) in [4.78, 5) is 4.74. The number of nitrogens with one attached hydrogen (secondary N) is 1. The molecule has 2 fully saturated rings. The second-order valence-corrected chi connectivity index (χ2v) is 9.05. The molecule has 3 heteroatoms. The van der Waals surface area contributed by atoms with Crippen LogP contribution in [0.3, 0.4) is 0 Å². The molecular formula is C17H28N2S. The Morgan fingerprint density at radius 3 is 2.70 bits per heavy atom. The number of hydrogen-bond acceptors (Lipinski definition) is 3.